The average molecular weight is 156 g/mol. The first-order valence-electron chi connectivity index (χ1n) is 4.10. The summed E-state index contributed by atoms with van der Waals surface area (Å²) in [6.07, 6.45) is 0. The highest BCUT2D eigenvalue weighted by Gasteiger charge is 2.29. The molecule has 0 aliphatic heterocycles. The molecule has 0 rings (SSSR count). The summed E-state index contributed by atoms with van der Waals surface area (Å²) in [5.41, 5.74) is -0.608. The van der Waals surface area contributed by atoms with Gasteiger partial charge in [-0.15, -0.1) is 0 Å². The molecule has 1 unspecified atom stereocenters. The lowest BCUT2D eigenvalue weighted by Crippen LogP contribution is -2.41. The fraction of sp³-hybridized carbons (Fsp3) is 0.875. The van der Waals surface area contributed by atoms with E-state index in [0.717, 1.165) is 0 Å². The molecule has 0 aliphatic carbocycles. The summed E-state index contributed by atoms with van der Waals surface area (Å²) in [6, 6.07) is 0. The molecule has 3 heteroatoms. The average Bonchev–Trinajstić information content (AvgIpc) is 1.86. The molecule has 0 saturated carbocycles. The van der Waals surface area contributed by atoms with Crippen molar-refractivity contribution in [1.29, 1.82) is 0 Å². The van der Waals surface area contributed by atoms with Crippen LogP contribution < -0.4 is 0 Å². The van der Waals surface area contributed by atoms with E-state index < -0.39 is 5.50 Å². The highest BCUT2D eigenvalue weighted by Crippen LogP contribution is 2.12. The number of ketones is 1. The SMILES string of the molecule is BC(C)(OCC)C(=O)C(C)C. The molecule has 0 radical (unpaired) electrons. The van der Waals surface area contributed by atoms with E-state index in [4.69, 9.17) is 4.74 Å². The predicted octanol–water partition coefficient (Wildman–Crippen LogP) is 0.597. The van der Waals surface area contributed by atoms with Gasteiger partial charge in [0.2, 0.25) is 0 Å². The van der Waals surface area contributed by atoms with Gasteiger partial charge in [0.05, 0.1) is 5.50 Å². The van der Waals surface area contributed by atoms with E-state index in [9.17, 15) is 4.79 Å². The van der Waals surface area contributed by atoms with Crippen LogP contribution in [0.5, 0.6) is 0 Å². The molecule has 0 saturated heterocycles. The van der Waals surface area contributed by atoms with E-state index in [-0.39, 0.29) is 11.7 Å². The van der Waals surface area contributed by atoms with Crippen molar-refractivity contribution in [3.05, 3.63) is 0 Å². The van der Waals surface area contributed by atoms with Crippen LogP contribution in [0.2, 0.25) is 0 Å². The lowest BCUT2D eigenvalue weighted by Gasteiger charge is -2.25. The van der Waals surface area contributed by atoms with Gasteiger partial charge in [-0.2, -0.15) is 0 Å². The van der Waals surface area contributed by atoms with Gasteiger partial charge >= 0.3 is 0 Å². The molecule has 0 spiro atoms. The fourth-order valence-electron chi connectivity index (χ4n) is 1.13. The van der Waals surface area contributed by atoms with E-state index in [1.54, 1.807) is 0 Å². The first-order chi connectivity index (χ1) is 4.91. The summed E-state index contributed by atoms with van der Waals surface area (Å²) < 4.78 is 5.30. The van der Waals surface area contributed by atoms with Crippen LogP contribution in [0.1, 0.15) is 27.7 Å². The van der Waals surface area contributed by atoms with Gasteiger partial charge in [0.25, 0.3) is 0 Å². The predicted molar refractivity (Wildman–Crippen MR) is 48.4 cm³/mol. The molecule has 0 aromatic carbocycles. The second-order valence-electron chi connectivity index (χ2n) is 3.46. The van der Waals surface area contributed by atoms with Crippen LogP contribution in [-0.2, 0) is 9.53 Å². The minimum absolute atomic E-state index is 0.0524. The smallest absolute Gasteiger partial charge is 0.157 e. The molecule has 0 fully saturated rings. The second-order valence-corrected chi connectivity index (χ2v) is 3.46. The standard InChI is InChI=1S/C8H17BO2/c1-5-11-8(4,9)7(10)6(2)3/h6H,5,9H2,1-4H3. The molecule has 0 aliphatic rings. The van der Waals surface area contributed by atoms with Crippen molar-refractivity contribution in [3.8, 4) is 0 Å². The second kappa shape index (κ2) is 3.91. The first-order valence-corrected chi connectivity index (χ1v) is 4.10. The zero-order valence-corrected chi connectivity index (χ0v) is 8.10. The van der Waals surface area contributed by atoms with Crippen molar-refractivity contribution >= 4 is 13.6 Å². The van der Waals surface area contributed by atoms with Gasteiger partial charge in [-0.05, 0) is 13.8 Å². The Labute approximate surface area is 69.7 Å². The van der Waals surface area contributed by atoms with E-state index >= 15 is 0 Å². The molecular weight excluding hydrogens is 139 g/mol. The molecule has 64 valence electrons. The molecule has 0 heterocycles. The zero-order chi connectivity index (χ0) is 9.07. The summed E-state index contributed by atoms with van der Waals surface area (Å²) in [5, 5.41) is 0. The molecule has 0 aromatic rings. The number of carbonyl (C=O) groups is 1. The van der Waals surface area contributed by atoms with E-state index in [1.807, 2.05) is 35.5 Å². The Hall–Kier alpha value is -0.305. The Balaban J connectivity index is 4.17. The van der Waals surface area contributed by atoms with Crippen LogP contribution in [0, 0.1) is 5.92 Å². The zero-order valence-electron chi connectivity index (χ0n) is 8.10. The van der Waals surface area contributed by atoms with E-state index in [1.165, 1.54) is 0 Å². The quantitative estimate of drug-likeness (QED) is 0.557. The lowest BCUT2D eigenvalue weighted by atomic mass is 9.76. The van der Waals surface area contributed by atoms with E-state index in [2.05, 4.69) is 0 Å². The first kappa shape index (κ1) is 10.7. The van der Waals surface area contributed by atoms with Crippen molar-refractivity contribution in [1.82, 2.24) is 0 Å². The molecule has 0 bridgehead atoms. The fourth-order valence-corrected chi connectivity index (χ4v) is 1.13. The summed E-state index contributed by atoms with van der Waals surface area (Å²) in [7, 11) is 1.82. The van der Waals surface area contributed by atoms with Gasteiger partial charge in [-0.25, -0.2) is 0 Å². The maximum atomic E-state index is 11.4. The molecule has 1 atom stereocenters. The minimum Gasteiger partial charge on any atom is -0.377 e. The number of hydrogen-bond acceptors (Lipinski definition) is 2. The third kappa shape index (κ3) is 3.06. The molecule has 2 nitrogen and oxygen atoms in total. The van der Waals surface area contributed by atoms with Gasteiger partial charge < -0.3 is 4.74 Å². The van der Waals surface area contributed by atoms with Crippen LogP contribution in [0.25, 0.3) is 0 Å². The number of ether oxygens (including phenoxy) is 1. The number of Topliss-reactive ketones (excluding diaryl/α,β-unsaturated/α-hetero) is 1. The van der Waals surface area contributed by atoms with Gasteiger partial charge in [-0.1, -0.05) is 13.8 Å². The Bertz CT molecular complexity index is 141. The van der Waals surface area contributed by atoms with Crippen molar-refractivity contribution in [3.63, 3.8) is 0 Å². The van der Waals surface area contributed by atoms with Crippen molar-refractivity contribution in [2.75, 3.05) is 6.61 Å². The van der Waals surface area contributed by atoms with Crippen LogP contribution in [0.15, 0.2) is 0 Å². The van der Waals surface area contributed by atoms with E-state index in [0.29, 0.717) is 6.61 Å². The molecule has 0 N–H and O–H groups in total. The lowest BCUT2D eigenvalue weighted by molar-refractivity contribution is -0.136. The monoisotopic (exact) mass is 156 g/mol. The van der Waals surface area contributed by atoms with Crippen molar-refractivity contribution in [2.24, 2.45) is 5.92 Å². The van der Waals surface area contributed by atoms with Crippen molar-refractivity contribution < 1.29 is 9.53 Å². The highest BCUT2D eigenvalue weighted by atomic mass is 16.5. The molecular formula is C8H17BO2. The third-order valence-corrected chi connectivity index (χ3v) is 1.62. The maximum absolute atomic E-state index is 11.4. The van der Waals surface area contributed by atoms with Gasteiger partial charge in [0.15, 0.2) is 13.6 Å². The Kier molecular flexibility index (Phi) is 3.80. The number of carbonyl (C=O) groups excluding carboxylic acids is 1. The largest absolute Gasteiger partial charge is 0.377 e. The Morgan fingerprint density at radius 1 is 1.64 bits per heavy atom. The number of hydrogen-bond donors (Lipinski definition) is 0. The van der Waals surface area contributed by atoms with Crippen LogP contribution in [-0.4, -0.2) is 25.7 Å². The summed E-state index contributed by atoms with van der Waals surface area (Å²) in [6.45, 7) is 8.09. The summed E-state index contributed by atoms with van der Waals surface area (Å²) in [5.74, 6) is 0.218. The molecule has 11 heavy (non-hydrogen) atoms. The molecule has 0 aromatic heterocycles. The van der Waals surface area contributed by atoms with Crippen LogP contribution >= 0.6 is 0 Å². The molecule has 0 amide bonds. The minimum atomic E-state index is -0.608. The van der Waals surface area contributed by atoms with Gasteiger partial charge in [-0.3, -0.25) is 4.79 Å². The normalized spacial score (nSPS) is 16.5. The van der Waals surface area contributed by atoms with Crippen LogP contribution in [0.4, 0.5) is 0 Å². The summed E-state index contributed by atoms with van der Waals surface area (Å²) in [4.78, 5) is 11.4. The number of rotatable bonds is 4. The summed E-state index contributed by atoms with van der Waals surface area (Å²) >= 11 is 0. The third-order valence-electron chi connectivity index (χ3n) is 1.62. The van der Waals surface area contributed by atoms with Gasteiger partial charge in [0.1, 0.15) is 0 Å². The van der Waals surface area contributed by atoms with Gasteiger partial charge in [0, 0.05) is 12.5 Å². The highest BCUT2D eigenvalue weighted by molar-refractivity contribution is 6.27. The topological polar surface area (TPSA) is 26.3 Å². The Morgan fingerprint density at radius 2 is 2.09 bits per heavy atom. The van der Waals surface area contributed by atoms with Crippen LogP contribution in [0.3, 0.4) is 0 Å². The van der Waals surface area contributed by atoms with Crippen molar-refractivity contribution in [2.45, 2.75) is 33.2 Å². The Morgan fingerprint density at radius 3 is 2.36 bits per heavy atom. The maximum Gasteiger partial charge on any atom is 0.157 e.